The zero-order valence-corrected chi connectivity index (χ0v) is 5.54. The van der Waals surface area contributed by atoms with Crippen LogP contribution in [0.2, 0.25) is 0 Å². The maximum atomic E-state index is 2.25. The summed E-state index contributed by atoms with van der Waals surface area (Å²) in [5.41, 5.74) is 0. The molecule has 0 aromatic carbocycles. The van der Waals surface area contributed by atoms with E-state index in [0.717, 1.165) is 0 Å². The van der Waals surface area contributed by atoms with E-state index in [4.69, 9.17) is 0 Å². The summed E-state index contributed by atoms with van der Waals surface area (Å²) in [7, 11) is 0. The molecule has 0 fully saturated rings. The van der Waals surface area contributed by atoms with Crippen molar-refractivity contribution in [2.75, 3.05) is 0 Å². The van der Waals surface area contributed by atoms with E-state index in [2.05, 4.69) is 13.8 Å². The molecule has 0 saturated heterocycles. The van der Waals surface area contributed by atoms with Crippen LogP contribution in [-0.4, -0.2) is 59.1 Å². The van der Waals surface area contributed by atoms with E-state index in [1.54, 1.807) is 0 Å². The molecule has 0 N–H and O–H groups in total. The zero-order valence-electron chi connectivity index (χ0n) is 5.54. The second-order valence-corrected chi connectivity index (χ2v) is 2.06. The molecule has 0 spiro atoms. The van der Waals surface area contributed by atoms with Crippen molar-refractivity contribution in [2.45, 2.75) is 46.0 Å². The summed E-state index contributed by atoms with van der Waals surface area (Å²) >= 11 is 0. The SMILES string of the molecule is CCCCCCC.[NaH].[NaH]. The molecule has 9 heavy (non-hydrogen) atoms. The Balaban J connectivity index is -0.000000180. The van der Waals surface area contributed by atoms with Crippen LogP contribution >= 0.6 is 0 Å². The molecule has 0 heterocycles. The second-order valence-electron chi connectivity index (χ2n) is 2.06. The van der Waals surface area contributed by atoms with E-state index in [9.17, 15) is 0 Å². The topological polar surface area (TPSA) is 0 Å². The third-order valence-electron chi connectivity index (χ3n) is 1.21. The van der Waals surface area contributed by atoms with Crippen molar-refractivity contribution < 1.29 is 0 Å². The summed E-state index contributed by atoms with van der Waals surface area (Å²) in [6.45, 7) is 4.49. The van der Waals surface area contributed by atoms with E-state index >= 15 is 0 Å². The molecule has 0 aliphatic heterocycles. The Morgan fingerprint density at radius 2 is 1.00 bits per heavy atom. The molecule has 0 aliphatic carbocycles. The number of hydrogen-bond acceptors (Lipinski definition) is 0. The summed E-state index contributed by atoms with van der Waals surface area (Å²) in [5.74, 6) is 0. The van der Waals surface area contributed by atoms with Gasteiger partial charge in [0.05, 0.1) is 0 Å². The van der Waals surface area contributed by atoms with Crippen molar-refractivity contribution >= 4 is 59.1 Å². The van der Waals surface area contributed by atoms with Gasteiger partial charge in [-0.3, -0.25) is 0 Å². The first-order chi connectivity index (χ1) is 3.41. The quantitative estimate of drug-likeness (QED) is 0.420. The van der Waals surface area contributed by atoms with Gasteiger partial charge in [0.2, 0.25) is 0 Å². The molecule has 0 bridgehead atoms. The number of hydrogen-bond donors (Lipinski definition) is 0. The Labute approximate surface area is 104 Å². The molecule has 2 heteroatoms. The summed E-state index contributed by atoms with van der Waals surface area (Å²) in [5, 5.41) is 0. The fourth-order valence-corrected chi connectivity index (χ4v) is 0.677. The number of rotatable bonds is 4. The summed E-state index contributed by atoms with van der Waals surface area (Å²) < 4.78 is 0. The minimum absolute atomic E-state index is 0. The van der Waals surface area contributed by atoms with E-state index in [0.29, 0.717) is 0 Å². The maximum absolute atomic E-state index is 2.25. The summed E-state index contributed by atoms with van der Waals surface area (Å²) in [4.78, 5) is 0. The molecule has 0 rings (SSSR count). The van der Waals surface area contributed by atoms with Crippen LogP contribution in [0, 0.1) is 0 Å². The fourth-order valence-electron chi connectivity index (χ4n) is 0.677. The van der Waals surface area contributed by atoms with Crippen LogP contribution in [0.25, 0.3) is 0 Å². The van der Waals surface area contributed by atoms with Crippen molar-refractivity contribution in [3.8, 4) is 0 Å². The van der Waals surface area contributed by atoms with Gasteiger partial charge in [0, 0.05) is 0 Å². The first-order valence-electron chi connectivity index (χ1n) is 3.41. The first kappa shape index (κ1) is 17.2. The van der Waals surface area contributed by atoms with Crippen molar-refractivity contribution in [3.63, 3.8) is 0 Å². The van der Waals surface area contributed by atoms with Crippen LogP contribution in [0.3, 0.4) is 0 Å². The predicted molar refractivity (Wildman–Crippen MR) is 48.7 cm³/mol. The van der Waals surface area contributed by atoms with Crippen molar-refractivity contribution in [1.29, 1.82) is 0 Å². The zero-order chi connectivity index (χ0) is 5.54. The van der Waals surface area contributed by atoms with Gasteiger partial charge >= 0.3 is 59.1 Å². The third-order valence-corrected chi connectivity index (χ3v) is 1.21. The van der Waals surface area contributed by atoms with Gasteiger partial charge in [0.25, 0.3) is 0 Å². The van der Waals surface area contributed by atoms with Crippen molar-refractivity contribution in [2.24, 2.45) is 0 Å². The third kappa shape index (κ3) is 17.8. The van der Waals surface area contributed by atoms with Crippen LogP contribution in [0.5, 0.6) is 0 Å². The first-order valence-corrected chi connectivity index (χ1v) is 3.41. The van der Waals surface area contributed by atoms with Gasteiger partial charge in [-0.05, 0) is 0 Å². The Kier molecular flexibility index (Phi) is 31.6. The van der Waals surface area contributed by atoms with E-state index < -0.39 is 0 Å². The van der Waals surface area contributed by atoms with Crippen LogP contribution in [0.4, 0.5) is 0 Å². The minimum atomic E-state index is 0. The molecule has 0 aromatic rings. The molecule has 0 saturated carbocycles. The van der Waals surface area contributed by atoms with Crippen LogP contribution in [0.15, 0.2) is 0 Å². The van der Waals surface area contributed by atoms with Gasteiger partial charge in [-0.25, -0.2) is 0 Å². The molecule has 0 atom stereocenters. The Morgan fingerprint density at radius 3 is 1.22 bits per heavy atom. The molecule has 0 aliphatic rings. The fraction of sp³-hybridized carbons (Fsp3) is 1.00. The van der Waals surface area contributed by atoms with Crippen molar-refractivity contribution in [1.82, 2.24) is 0 Å². The summed E-state index contributed by atoms with van der Waals surface area (Å²) in [6.07, 6.45) is 7.01. The van der Waals surface area contributed by atoms with Gasteiger partial charge in [-0.1, -0.05) is 46.0 Å². The van der Waals surface area contributed by atoms with Gasteiger partial charge < -0.3 is 0 Å². The Morgan fingerprint density at radius 1 is 0.667 bits per heavy atom. The standard InChI is InChI=1S/C7H16.2Na.2H/c1-3-5-7-6-4-2;;;;/h3-7H2,1-2H3;;;;. The van der Waals surface area contributed by atoms with Crippen molar-refractivity contribution in [3.05, 3.63) is 0 Å². The molecule has 0 radical (unpaired) electrons. The Hall–Kier alpha value is 2.00. The van der Waals surface area contributed by atoms with Crippen LogP contribution < -0.4 is 0 Å². The normalized spacial score (nSPS) is 7.33. The van der Waals surface area contributed by atoms with Gasteiger partial charge in [-0.15, -0.1) is 0 Å². The molecule has 0 nitrogen and oxygen atoms in total. The van der Waals surface area contributed by atoms with Gasteiger partial charge in [0.1, 0.15) is 0 Å². The van der Waals surface area contributed by atoms with Crippen LogP contribution in [-0.2, 0) is 0 Å². The second kappa shape index (κ2) is 16.5. The van der Waals surface area contributed by atoms with Gasteiger partial charge in [-0.2, -0.15) is 0 Å². The molecule has 48 valence electrons. The monoisotopic (exact) mass is 148 g/mol. The van der Waals surface area contributed by atoms with E-state index in [1.807, 2.05) is 0 Å². The average Bonchev–Trinajstić information content (AvgIpc) is 1.69. The molecular formula is C7H18Na2. The summed E-state index contributed by atoms with van der Waals surface area (Å²) in [6, 6.07) is 0. The molecule has 0 amide bonds. The average molecular weight is 148 g/mol. The van der Waals surface area contributed by atoms with E-state index in [-0.39, 0.29) is 59.1 Å². The number of unbranched alkanes of at least 4 members (excludes halogenated alkanes) is 4. The molecule has 0 unspecified atom stereocenters. The molecule has 0 aromatic heterocycles. The predicted octanol–water partition coefficient (Wildman–Crippen LogP) is 1.68. The van der Waals surface area contributed by atoms with Crippen LogP contribution in [0.1, 0.15) is 46.0 Å². The van der Waals surface area contributed by atoms with Gasteiger partial charge in [0.15, 0.2) is 0 Å². The molecular weight excluding hydrogens is 130 g/mol. The van der Waals surface area contributed by atoms with E-state index in [1.165, 1.54) is 32.1 Å². The Bertz CT molecular complexity index is 26.1.